The van der Waals surface area contributed by atoms with Crippen LogP contribution in [0, 0.1) is 12.7 Å². The Balaban J connectivity index is 1.58. The zero-order chi connectivity index (χ0) is 26.5. The van der Waals surface area contributed by atoms with Gasteiger partial charge in [-0.15, -0.1) is 24.5 Å². The van der Waals surface area contributed by atoms with Crippen molar-refractivity contribution in [3.8, 4) is 22.6 Å². The molecule has 194 valence electrons. The summed E-state index contributed by atoms with van der Waals surface area (Å²) in [5.41, 5.74) is 2.16. The van der Waals surface area contributed by atoms with Crippen LogP contribution in [0.3, 0.4) is 0 Å². The summed E-state index contributed by atoms with van der Waals surface area (Å²) in [5.74, 6) is -1.78. The molecule has 0 radical (unpaired) electrons. The van der Waals surface area contributed by atoms with Crippen LogP contribution in [0.25, 0.3) is 16.0 Å². The van der Waals surface area contributed by atoms with Crippen LogP contribution < -0.4 is 14.8 Å². The number of aryl methyl sites for hydroxylation is 1. The average Bonchev–Trinajstić information content (AvgIpc) is 3.34. The van der Waals surface area contributed by atoms with Crippen LogP contribution in [0.2, 0.25) is 0 Å². The predicted molar refractivity (Wildman–Crippen MR) is 131 cm³/mol. The van der Waals surface area contributed by atoms with Crippen LogP contribution in [0.1, 0.15) is 58.9 Å². The Bertz CT molecular complexity index is 1490. The fourth-order valence-corrected chi connectivity index (χ4v) is 5.97. The largest absolute Gasteiger partial charge is 0.573 e. The van der Waals surface area contributed by atoms with E-state index in [2.05, 4.69) is 15.2 Å². The maximum Gasteiger partial charge on any atom is 0.573 e. The monoisotopic (exact) mass is 533 g/mol. The topological polar surface area (TPSA) is 64.9 Å². The van der Waals surface area contributed by atoms with E-state index in [9.17, 15) is 18.0 Å². The predicted octanol–water partition coefficient (Wildman–Crippen LogP) is 6.79. The summed E-state index contributed by atoms with van der Waals surface area (Å²) >= 11 is 1.13. The number of carbonyl (C=O) groups is 1. The molecular formula is C26H23F4N3O3S. The van der Waals surface area contributed by atoms with Gasteiger partial charge in [0.2, 0.25) is 0 Å². The first-order valence-corrected chi connectivity index (χ1v) is 12.5. The number of nitrogens with one attached hydrogen (secondary N) is 1. The second-order valence-electron chi connectivity index (χ2n) is 9.01. The van der Waals surface area contributed by atoms with E-state index >= 15 is 4.39 Å². The van der Waals surface area contributed by atoms with Gasteiger partial charge in [0.05, 0.1) is 24.0 Å². The van der Waals surface area contributed by atoms with Crippen molar-refractivity contribution in [3.05, 3.63) is 70.1 Å². The van der Waals surface area contributed by atoms with Gasteiger partial charge in [0.25, 0.3) is 5.91 Å². The lowest BCUT2D eigenvalue weighted by Crippen LogP contribution is -2.32. The molecule has 1 aliphatic heterocycles. The van der Waals surface area contributed by atoms with Gasteiger partial charge in [-0.2, -0.15) is 5.10 Å². The lowest BCUT2D eigenvalue weighted by atomic mass is 10.0. The Morgan fingerprint density at radius 2 is 1.97 bits per heavy atom. The summed E-state index contributed by atoms with van der Waals surface area (Å²) in [6, 6.07) is 10.8. The molecule has 3 heterocycles. The molecule has 1 atom stereocenters. The summed E-state index contributed by atoms with van der Waals surface area (Å²) in [4.78, 5) is 14.4. The van der Waals surface area contributed by atoms with Crippen molar-refractivity contribution < 1.29 is 31.8 Å². The first-order chi connectivity index (χ1) is 17.5. The number of hydrogen-bond donors (Lipinski definition) is 1. The Labute approximate surface area is 213 Å². The molecule has 0 spiro atoms. The van der Waals surface area contributed by atoms with Gasteiger partial charge in [-0.05, 0) is 25.0 Å². The lowest BCUT2D eigenvalue weighted by molar-refractivity contribution is -0.275. The number of carbonyl (C=O) groups excluding carboxylic acids is 1. The first kappa shape index (κ1) is 25.1. The maximum absolute atomic E-state index is 15.2. The molecule has 5 rings (SSSR count). The fraction of sp³-hybridized carbons (Fsp3) is 0.308. The number of thiazole rings is 1. The summed E-state index contributed by atoms with van der Waals surface area (Å²) < 4.78 is 64.7. The van der Waals surface area contributed by atoms with Gasteiger partial charge in [0.1, 0.15) is 15.5 Å². The molecular weight excluding hydrogens is 510 g/mol. The molecule has 2 aromatic carbocycles. The molecule has 0 fully saturated rings. The molecule has 0 saturated heterocycles. The van der Waals surface area contributed by atoms with Crippen LogP contribution in [-0.4, -0.2) is 28.5 Å². The number of halogens is 4. The third kappa shape index (κ3) is 4.63. The molecule has 37 heavy (non-hydrogen) atoms. The van der Waals surface area contributed by atoms with Crippen LogP contribution in [0.15, 0.2) is 42.5 Å². The van der Waals surface area contributed by atoms with Crippen molar-refractivity contribution in [1.82, 2.24) is 14.9 Å². The number of nitrogens with zero attached hydrogens (tertiary/aromatic N) is 2. The molecule has 11 heteroatoms. The Hall–Kier alpha value is -3.60. The van der Waals surface area contributed by atoms with Gasteiger partial charge in [0.15, 0.2) is 11.6 Å². The van der Waals surface area contributed by atoms with Crippen molar-refractivity contribution in [1.29, 1.82) is 0 Å². The van der Waals surface area contributed by atoms with Crippen molar-refractivity contribution in [3.63, 3.8) is 0 Å². The van der Waals surface area contributed by atoms with E-state index in [0.717, 1.165) is 28.7 Å². The van der Waals surface area contributed by atoms with E-state index in [1.165, 1.54) is 12.1 Å². The maximum atomic E-state index is 15.2. The van der Waals surface area contributed by atoms with Crippen molar-refractivity contribution >= 4 is 22.1 Å². The number of alkyl halides is 3. The third-order valence-corrected chi connectivity index (χ3v) is 7.32. The lowest BCUT2D eigenvalue weighted by Gasteiger charge is -2.26. The van der Waals surface area contributed by atoms with Crippen LogP contribution in [0.5, 0.6) is 11.5 Å². The standard InChI is InChI=1S/C26H23F4N3O3S/c1-13(2)22-23(24(34)31-17-11-12-35-18-9-5-4-7-15(17)18)37-25-20(14(3)32-33(22)25)16-8-6-10-19(21(16)27)36-26(28,29)30/h4-10,13,17H,11-12H2,1-3H3,(H,31,34)/t17-/m0/s1. The average molecular weight is 534 g/mol. The molecule has 1 amide bonds. The highest BCUT2D eigenvalue weighted by Gasteiger charge is 2.34. The number of ether oxygens (including phenoxy) is 2. The number of hydrogen-bond acceptors (Lipinski definition) is 5. The Kier molecular flexibility index (Phi) is 6.35. The number of rotatable bonds is 5. The highest BCUT2D eigenvalue weighted by Crippen LogP contribution is 2.41. The number of fused-ring (bicyclic) bond motifs is 2. The van der Waals surface area contributed by atoms with Crippen LogP contribution in [-0.2, 0) is 0 Å². The number of para-hydroxylation sites is 1. The summed E-state index contributed by atoms with van der Waals surface area (Å²) in [6.07, 6.45) is -4.44. The van der Waals surface area contributed by atoms with Crippen molar-refractivity contribution in [2.75, 3.05) is 6.61 Å². The molecule has 1 N–H and O–H groups in total. The van der Waals surface area contributed by atoms with Gasteiger partial charge < -0.3 is 14.8 Å². The molecule has 2 aromatic heterocycles. The SMILES string of the molecule is Cc1nn2c(C(C)C)c(C(=O)N[C@H]3CCOc4ccccc43)sc2c1-c1cccc(OC(F)(F)F)c1F. The summed E-state index contributed by atoms with van der Waals surface area (Å²) in [7, 11) is 0. The second kappa shape index (κ2) is 9.37. The van der Waals surface area contributed by atoms with Gasteiger partial charge >= 0.3 is 6.36 Å². The smallest absolute Gasteiger partial charge is 0.493 e. The van der Waals surface area contributed by atoms with Gasteiger partial charge in [-0.25, -0.2) is 8.91 Å². The molecule has 4 aromatic rings. The minimum absolute atomic E-state index is 0.0869. The number of benzene rings is 2. The van der Waals surface area contributed by atoms with Gasteiger partial charge in [-0.3, -0.25) is 4.79 Å². The highest BCUT2D eigenvalue weighted by molar-refractivity contribution is 7.20. The van der Waals surface area contributed by atoms with Crippen LogP contribution >= 0.6 is 11.3 Å². The first-order valence-electron chi connectivity index (χ1n) is 11.6. The van der Waals surface area contributed by atoms with E-state index < -0.39 is 17.9 Å². The molecule has 0 aliphatic carbocycles. The van der Waals surface area contributed by atoms with Gasteiger partial charge in [0, 0.05) is 23.1 Å². The zero-order valence-corrected chi connectivity index (χ0v) is 21.0. The summed E-state index contributed by atoms with van der Waals surface area (Å²) in [6.45, 7) is 5.94. The third-order valence-electron chi connectivity index (χ3n) is 6.15. The van der Waals surface area contributed by atoms with E-state index in [1.54, 1.807) is 11.4 Å². The van der Waals surface area contributed by atoms with E-state index in [4.69, 9.17) is 4.74 Å². The quantitative estimate of drug-likeness (QED) is 0.287. The molecule has 0 bridgehead atoms. The van der Waals surface area contributed by atoms with Crippen LogP contribution in [0.4, 0.5) is 17.6 Å². The van der Waals surface area contributed by atoms with E-state index in [0.29, 0.717) is 39.7 Å². The van der Waals surface area contributed by atoms with E-state index in [-0.39, 0.29) is 23.4 Å². The number of amides is 1. The van der Waals surface area contributed by atoms with Gasteiger partial charge in [-0.1, -0.05) is 44.2 Å². The molecule has 6 nitrogen and oxygen atoms in total. The molecule has 0 unspecified atom stereocenters. The highest BCUT2D eigenvalue weighted by atomic mass is 32.1. The van der Waals surface area contributed by atoms with Crippen molar-refractivity contribution in [2.24, 2.45) is 0 Å². The molecule has 1 aliphatic rings. The minimum Gasteiger partial charge on any atom is -0.493 e. The second-order valence-corrected chi connectivity index (χ2v) is 10.0. The normalized spacial score (nSPS) is 15.5. The fourth-order valence-electron chi connectivity index (χ4n) is 4.61. The van der Waals surface area contributed by atoms with Crippen molar-refractivity contribution in [2.45, 2.75) is 45.5 Å². The Morgan fingerprint density at radius 3 is 2.70 bits per heavy atom. The summed E-state index contributed by atoms with van der Waals surface area (Å²) in [5, 5.41) is 7.63. The molecule has 0 saturated carbocycles. The van der Waals surface area contributed by atoms with E-state index in [1.807, 2.05) is 38.1 Å². The Morgan fingerprint density at radius 1 is 1.22 bits per heavy atom. The zero-order valence-electron chi connectivity index (χ0n) is 20.1. The minimum atomic E-state index is -5.04. The number of aromatic nitrogens is 2.